The lowest BCUT2D eigenvalue weighted by Crippen LogP contribution is -2.15. The topological polar surface area (TPSA) is 92.2 Å². The fourth-order valence-corrected chi connectivity index (χ4v) is 1.42. The predicted octanol–water partition coefficient (Wildman–Crippen LogP) is 1.27. The van der Waals surface area contributed by atoms with Crippen LogP contribution in [0.2, 0.25) is 0 Å². The van der Waals surface area contributed by atoms with Gasteiger partial charge >= 0.3 is 6.01 Å². The number of nitrogens with one attached hydrogen (secondary N) is 2. The van der Waals surface area contributed by atoms with Crippen molar-refractivity contribution >= 4 is 11.9 Å². The summed E-state index contributed by atoms with van der Waals surface area (Å²) in [5, 5.41) is 15.6. The van der Waals surface area contributed by atoms with Crippen molar-refractivity contribution in [2.75, 3.05) is 30.3 Å². The number of hydrogen-bond acceptors (Lipinski definition) is 7. The summed E-state index contributed by atoms with van der Waals surface area (Å²) in [5.41, 5.74) is 0. The molecule has 0 aliphatic carbocycles. The lowest BCUT2D eigenvalue weighted by molar-refractivity contribution is 0.164. The van der Waals surface area contributed by atoms with E-state index in [0.29, 0.717) is 37.5 Å². The normalized spacial score (nSPS) is 12.0. The van der Waals surface area contributed by atoms with Crippen molar-refractivity contribution in [2.45, 2.75) is 39.7 Å². The van der Waals surface area contributed by atoms with Crippen molar-refractivity contribution in [3.63, 3.8) is 0 Å². The summed E-state index contributed by atoms with van der Waals surface area (Å²) in [6.45, 7) is 7.63. The van der Waals surface area contributed by atoms with Gasteiger partial charge in [-0.1, -0.05) is 6.92 Å². The Morgan fingerprint density at radius 1 is 1.11 bits per heavy atom. The zero-order valence-corrected chi connectivity index (χ0v) is 11.8. The maximum absolute atomic E-state index is 9.48. The summed E-state index contributed by atoms with van der Waals surface area (Å²) in [6, 6.07) is 0.298. The monoisotopic (exact) mass is 269 g/mol. The zero-order valence-electron chi connectivity index (χ0n) is 11.8. The SMILES string of the molecule is CCNc1nc(NCCC(O)CC)nc(OCC)n1. The first-order valence-corrected chi connectivity index (χ1v) is 6.74. The highest BCUT2D eigenvalue weighted by molar-refractivity contribution is 5.35. The van der Waals surface area contributed by atoms with Gasteiger partial charge < -0.3 is 20.5 Å². The van der Waals surface area contributed by atoms with Crippen LogP contribution in [0.4, 0.5) is 11.9 Å². The molecule has 1 aromatic heterocycles. The minimum Gasteiger partial charge on any atom is -0.464 e. The lowest BCUT2D eigenvalue weighted by Gasteiger charge is -2.11. The quantitative estimate of drug-likeness (QED) is 0.621. The Morgan fingerprint density at radius 2 is 1.79 bits per heavy atom. The van der Waals surface area contributed by atoms with Gasteiger partial charge in [-0.15, -0.1) is 0 Å². The zero-order chi connectivity index (χ0) is 14.1. The van der Waals surface area contributed by atoms with Crippen LogP contribution in [0.3, 0.4) is 0 Å². The van der Waals surface area contributed by atoms with E-state index in [1.54, 1.807) is 0 Å². The minimum absolute atomic E-state index is 0.297. The smallest absolute Gasteiger partial charge is 0.323 e. The van der Waals surface area contributed by atoms with Crippen molar-refractivity contribution in [3.8, 4) is 6.01 Å². The second kappa shape index (κ2) is 8.47. The number of hydrogen-bond donors (Lipinski definition) is 3. The van der Waals surface area contributed by atoms with Crippen molar-refractivity contribution in [1.82, 2.24) is 15.0 Å². The van der Waals surface area contributed by atoms with Crippen LogP contribution < -0.4 is 15.4 Å². The van der Waals surface area contributed by atoms with Crippen molar-refractivity contribution in [1.29, 1.82) is 0 Å². The van der Waals surface area contributed by atoms with Gasteiger partial charge in [-0.05, 0) is 26.7 Å². The molecule has 108 valence electrons. The van der Waals surface area contributed by atoms with Gasteiger partial charge in [0.1, 0.15) is 0 Å². The average Bonchev–Trinajstić information content (AvgIpc) is 2.39. The largest absolute Gasteiger partial charge is 0.464 e. The Balaban J connectivity index is 2.64. The molecule has 1 rings (SSSR count). The second-order valence-electron chi connectivity index (χ2n) is 4.01. The Morgan fingerprint density at radius 3 is 2.37 bits per heavy atom. The van der Waals surface area contributed by atoms with Crippen molar-refractivity contribution in [2.24, 2.45) is 0 Å². The van der Waals surface area contributed by atoms with Crippen LogP contribution in [-0.2, 0) is 0 Å². The molecule has 1 heterocycles. The summed E-state index contributed by atoms with van der Waals surface area (Å²) in [6.07, 6.45) is 1.10. The Kier molecular flexibility index (Phi) is 6.88. The average molecular weight is 269 g/mol. The molecule has 0 amide bonds. The van der Waals surface area contributed by atoms with Gasteiger partial charge in [0.25, 0.3) is 0 Å². The minimum atomic E-state index is -0.297. The Labute approximate surface area is 113 Å². The molecule has 7 nitrogen and oxygen atoms in total. The predicted molar refractivity (Wildman–Crippen MR) is 74.6 cm³/mol. The number of aliphatic hydroxyl groups is 1. The summed E-state index contributed by atoms with van der Waals surface area (Å²) in [5.74, 6) is 0.942. The molecule has 0 aliphatic rings. The Hall–Kier alpha value is -1.63. The number of ether oxygens (including phenoxy) is 1. The molecule has 1 atom stereocenters. The lowest BCUT2D eigenvalue weighted by atomic mass is 10.2. The van der Waals surface area contributed by atoms with E-state index in [9.17, 15) is 5.11 Å². The molecule has 0 radical (unpaired) electrons. The molecule has 0 fully saturated rings. The van der Waals surface area contributed by atoms with Gasteiger partial charge in [0, 0.05) is 13.1 Å². The van der Waals surface area contributed by atoms with Crippen LogP contribution in [0.5, 0.6) is 6.01 Å². The number of aliphatic hydroxyl groups excluding tert-OH is 1. The first-order chi connectivity index (χ1) is 9.19. The maximum Gasteiger partial charge on any atom is 0.323 e. The summed E-state index contributed by atoms with van der Waals surface area (Å²) in [7, 11) is 0. The van der Waals surface area contributed by atoms with Gasteiger partial charge in [-0.3, -0.25) is 0 Å². The van der Waals surface area contributed by atoms with Gasteiger partial charge in [0.15, 0.2) is 0 Å². The number of nitrogens with zero attached hydrogens (tertiary/aromatic N) is 3. The van der Waals surface area contributed by atoms with E-state index in [4.69, 9.17) is 4.74 Å². The van der Waals surface area contributed by atoms with Crippen LogP contribution >= 0.6 is 0 Å². The molecule has 3 N–H and O–H groups in total. The van der Waals surface area contributed by atoms with E-state index < -0.39 is 0 Å². The molecule has 0 saturated carbocycles. The third-order valence-electron chi connectivity index (χ3n) is 2.46. The highest BCUT2D eigenvalue weighted by atomic mass is 16.5. The van der Waals surface area contributed by atoms with Crippen molar-refractivity contribution < 1.29 is 9.84 Å². The molecule has 0 spiro atoms. The molecular formula is C12H23N5O2. The van der Waals surface area contributed by atoms with Crippen LogP contribution in [0, 0.1) is 0 Å². The molecule has 0 aromatic carbocycles. The van der Waals surface area contributed by atoms with E-state index in [0.717, 1.165) is 13.0 Å². The standard InChI is InChI=1S/C12H23N5O2/c1-4-9(18)7-8-14-11-15-10(13-5-2)16-12(17-11)19-6-3/h9,18H,4-8H2,1-3H3,(H2,13,14,15,16,17). The number of aromatic nitrogens is 3. The van der Waals surface area contributed by atoms with E-state index in [1.807, 2.05) is 20.8 Å². The van der Waals surface area contributed by atoms with Crippen molar-refractivity contribution in [3.05, 3.63) is 0 Å². The third-order valence-corrected chi connectivity index (χ3v) is 2.46. The van der Waals surface area contributed by atoms with Crippen LogP contribution in [0.1, 0.15) is 33.6 Å². The van der Waals surface area contributed by atoms with E-state index in [2.05, 4.69) is 25.6 Å². The molecular weight excluding hydrogens is 246 g/mol. The Bertz CT molecular complexity index is 351. The van der Waals surface area contributed by atoms with Crippen LogP contribution in [-0.4, -0.2) is 45.9 Å². The summed E-state index contributed by atoms with van der Waals surface area (Å²) < 4.78 is 5.29. The van der Waals surface area contributed by atoms with E-state index in [-0.39, 0.29) is 6.10 Å². The summed E-state index contributed by atoms with van der Waals surface area (Å²) in [4.78, 5) is 12.5. The summed E-state index contributed by atoms with van der Waals surface area (Å²) >= 11 is 0. The molecule has 19 heavy (non-hydrogen) atoms. The molecule has 0 aliphatic heterocycles. The number of anilines is 2. The molecule has 7 heteroatoms. The fourth-order valence-electron chi connectivity index (χ4n) is 1.42. The highest BCUT2D eigenvalue weighted by Crippen LogP contribution is 2.11. The molecule has 0 saturated heterocycles. The van der Waals surface area contributed by atoms with Gasteiger partial charge in [0.2, 0.25) is 11.9 Å². The third kappa shape index (κ3) is 5.69. The first-order valence-electron chi connectivity index (χ1n) is 6.74. The van der Waals surface area contributed by atoms with Crippen LogP contribution in [0.25, 0.3) is 0 Å². The van der Waals surface area contributed by atoms with E-state index >= 15 is 0 Å². The molecule has 0 bridgehead atoms. The highest BCUT2D eigenvalue weighted by Gasteiger charge is 2.07. The van der Waals surface area contributed by atoms with E-state index in [1.165, 1.54) is 0 Å². The van der Waals surface area contributed by atoms with Gasteiger partial charge in [0.05, 0.1) is 12.7 Å². The van der Waals surface area contributed by atoms with Gasteiger partial charge in [-0.25, -0.2) is 0 Å². The first kappa shape index (κ1) is 15.4. The molecule has 1 aromatic rings. The second-order valence-corrected chi connectivity index (χ2v) is 4.01. The van der Waals surface area contributed by atoms with Crippen LogP contribution in [0.15, 0.2) is 0 Å². The molecule has 1 unspecified atom stereocenters. The van der Waals surface area contributed by atoms with Gasteiger partial charge in [-0.2, -0.15) is 15.0 Å². The number of rotatable bonds is 9. The fraction of sp³-hybridized carbons (Fsp3) is 0.750. The maximum atomic E-state index is 9.48.